The molecule has 3 heterocycles. The maximum Gasteiger partial charge on any atom is 0.330 e. The van der Waals surface area contributed by atoms with Gasteiger partial charge in [-0.1, -0.05) is 52.1 Å². The molecule has 1 aromatic heterocycles. The van der Waals surface area contributed by atoms with Gasteiger partial charge in [0.25, 0.3) is 11.5 Å². The van der Waals surface area contributed by atoms with Gasteiger partial charge in [-0.25, -0.2) is 9.86 Å². The highest BCUT2D eigenvalue weighted by Crippen LogP contribution is 2.51. The van der Waals surface area contributed by atoms with Crippen LogP contribution in [-0.4, -0.2) is 64.7 Å². The van der Waals surface area contributed by atoms with Gasteiger partial charge in [0.2, 0.25) is 0 Å². The summed E-state index contributed by atoms with van der Waals surface area (Å²) in [6.07, 6.45) is -1.82. The number of benzene rings is 1. The van der Waals surface area contributed by atoms with Crippen LogP contribution in [0.3, 0.4) is 0 Å². The summed E-state index contributed by atoms with van der Waals surface area (Å²) in [7, 11) is -2.04. The molecule has 35 heavy (non-hydrogen) atoms. The molecule has 0 unspecified atom stereocenters. The number of H-pyrrole nitrogens is 1. The Morgan fingerprint density at radius 1 is 1.23 bits per heavy atom. The van der Waals surface area contributed by atoms with Gasteiger partial charge in [0, 0.05) is 12.3 Å². The molecule has 2 aliphatic rings. The second-order valence-corrected chi connectivity index (χ2v) is 16.6. The monoisotopic (exact) mass is 503 g/mol. The lowest BCUT2D eigenvalue weighted by Gasteiger charge is -2.47. The number of aromatic nitrogens is 2. The molecule has 0 aliphatic carbocycles. The number of ether oxygens (including phenoxy) is 2. The minimum absolute atomic E-state index is 0.0111. The van der Waals surface area contributed by atoms with Crippen LogP contribution in [-0.2, 0) is 14.4 Å². The summed E-state index contributed by atoms with van der Waals surface area (Å²) in [5, 5.41) is 12.6. The van der Waals surface area contributed by atoms with E-state index in [1.165, 1.54) is 21.9 Å². The van der Waals surface area contributed by atoms with Crippen molar-refractivity contribution in [3.05, 3.63) is 63.4 Å². The van der Waals surface area contributed by atoms with Crippen molar-refractivity contribution in [1.82, 2.24) is 14.6 Å². The molecule has 1 amide bonds. The van der Waals surface area contributed by atoms with Crippen molar-refractivity contribution in [1.29, 1.82) is 0 Å². The summed E-state index contributed by atoms with van der Waals surface area (Å²) in [6, 6.07) is 10.7. The largest absolute Gasteiger partial charge is 0.484 e. The van der Waals surface area contributed by atoms with Crippen molar-refractivity contribution in [3.63, 3.8) is 0 Å². The molecule has 10 nitrogen and oxygen atoms in total. The highest BCUT2D eigenvalue weighted by molar-refractivity contribution is 6.80. The smallest absolute Gasteiger partial charge is 0.330 e. The van der Waals surface area contributed by atoms with E-state index in [0.717, 1.165) is 0 Å². The molecule has 0 saturated carbocycles. The maximum absolute atomic E-state index is 13.1. The Hall–Kier alpha value is -2.73. The summed E-state index contributed by atoms with van der Waals surface area (Å²) in [5.74, 6) is 0.120. The number of carbonyl (C=O) groups excluding carboxylic acids is 1. The number of carbonyl (C=O) groups is 1. The Bertz CT molecular complexity index is 1190. The van der Waals surface area contributed by atoms with Crippen LogP contribution in [0.4, 0.5) is 0 Å². The Morgan fingerprint density at radius 3 is 2.54 bits per heavy atom. The molecule has 11 heteroatoms. The van der Waals surface area contributed by atoms with Gasteiger partial charge < -0.3 is 14.6 Å². The minimum Gasteiger partial charge on any atom is -0.484 e. The summed E-state index contributed by atoms with van der Waals surface area (Å²) in [4.78, 5) is 45.3. The average molecular weight is 504 g/mol. The molecule has 4 atom stereocenters. The number of hydrogen-bond acceptors (Lipinski definition) is 7. The molecule has 0 spiro atoms. The van der Waals surface area contributed by atoms with E-state index in [-0.39, 0.29) is 18.2 Å². The average Bonchev–Trinajstić information content (AvgIpc) is 2.92. The maximum atomic E-state index is 13.1. The molecule has 1 aromatic carbocycles. The van der Waals surface area contributed by atoms with Crippen molar-refractivity contribution in [2.24, 2.45) is 0 Å². The number of para-hydroxylation sites is 1. The summed E-state index contributed by atoms with van der Waals surface area (Å²) in [6.45, 7) is 10.6. The topological polar surface area (TPSA) is 123 Å². The Morgan fingerprint density at radius 2 is 1.91 bits per heavy atom. The number of rotatable bonds is 6. The molecule has 2 aliphatic heterocycles. The fourth-order valence-electron chi connectivity index (χ4n) is 4.44. The SMILES string of the molecule is CC(C)(C)[Si](C)(C)C[C@@]12CN(C(=O)COc3ccccc3)O[C@@H]([C@H](n3ccc(=O)[nH]c3=O)O1)[C@@H]2O. The zero-order valence-corrected chi connectivity index (χ0v) is 21.7. The van der Waals surface area contributed by atoms with Crippen LogP contribution < -0.4 is 16.0 Å². The molecule has 2 bridgehead atoms. The fourth-order valence-corrected chi connectivity index (χ4v) is 6.87. The second kappa shape index (κ2) is 9.05. The third-order valence-corrected chi connectivity index (χ3v) is 13.0. The molecule has 2 fully saturated rings. The first-order chi connectivity index (χ1) is 16.3. The lowest BCUT2D eigenvalue weighted by molar-refractivity contribution is -0.254. The van der Waals surface area contributed by atoms with Crippen LogP contribution in [0.25, 0.3) is 0 Å². The number of fused-ring (bicyclic) bond motifs is 2. The predicted molar refractivity (Wildman–Crippen MR) is 131 cm³/mol. The number of amides is 1. The normalized spacial score (nSPS) is 26.6. The van der Waals surface area contributed by atoms with E-state index in [0.29, 0.717) is 11.8 Å². The van der Waals surface area contributed by atoms with Crippen molar-refractivity contribution in [3.8, 4) is 5.75 Å². The van der Waals surface area contributed by atoms with E-state index in [2.05, 4.69) is 38.8 Å². The number of nitrogens with zero attached hydrogens (tertiary/aromatic N) is 2. The van der Waals surface area contributed by atoms with Crippen molar-refractivity contribution in [2.75, 3.05) is 13.2 Å². The van der Waals surface area contributed by atoms with Crippen molar-refractivity contribution >= 4 is 14.0 Å². The first kappa shape index (κ1) is 25.4. The van der Waals surface area contributed by atoms with E-state index in [4.69, 9.17) is 14.3 Å². The number of nitrogens with one attached hydrogen (secondary N) is 1. The molecule has 0 radical (unpaired) electrons. The number of aliphatic hydroxyl groups is 1. The van der Waals surface area contributed by atoms with Gasteiger partial charge in [0.05, 0.1) is 14.6 Å². The molecular formula is C24H33N3O7Si. The first-order valence-electron chi connectivity index (χ1n) is 11.7. The standard InChI is InChI=1S/C24H33N3O7Si/c1-23(2,3)35(4,5)15-24-14-27(18(29)13-32-16-9-7-6-8-10-16)34-19(20(24)30)21(33-24)26-12-11-17(28)25-22(26)31/h6-12,19-21,30H,13-15H2,1-5H3,(H,25,28,31)/t19-,20+,21-,24-/m1/s1. The quantitative estimate of drug-likeness (QED) is 0.577. The van der Waals surface area contributed by atoms with Crippen LogP contribution >= 0.6 is 0 Å². The van der Waals surface area contributed by atoms with E-state index in [9.17, 15) is 19.5 Å². The highest BCUT2D eigenvalue weighted by Gasteiger charge is 2.63. The number of hydroxylamine groups is 2. The van der Waals surface area contributed by atoms with E-state index in [1.807, 2.05) is 18.2 Å². The van der Waals surface area contributed by atoms with Crippen LogP contribution in [0.2, 0.25) is 24.2 Å². The Balaban J connectivity index is 1.65. The second-order valence-electron chi connectivity index (χ2n) is 10.9. The van der Waals surface area contributed by atoms with E-state index >= 15 is 0 Å². The third kappa shape index (κ3) is 4.86. The minimum atomic E-state index is -2.04. The number of aliphatic hydroxyl groups excluding tert-OH is 1. The molecule has 2 saturated heterocycles. The van der Waals surface area contributed by atoms with Gasteiger partial charge in [-0.2, -0.15) is 0 Å². The zero-order chi connectivity index (χ0) is 25.6. The van der Waals surface area contributed by atoms with Gasteiger partial charge in [-0.3, -0.25) is 24.0 Å². The Labute approximate surface area is 204 Å². The van der Waals surface area contributed by atoms with Gasteiger partial charge in [0.1, 0.15) is 17.5 Å². The molecule has 2 N–H and O–H groups in total. The van der Waals surface area contributed by atoms with Crippen molar-refractivity contribution in [2.45, 2.75) is 69.0 Å². The van der Waals surface area contributed by atoms with Crippen LogP contribution in [0, 0.1) is 0 Å². The molecule has 2 aromatic rings. The summed E-state index contributed by atoms with van der Waals surface area (Å²) in [5.41, 5.74) is -2.37. The highest BCUT2D eigenvalue weighted by atomic mass is 28.3. The lowest BCUT2D eigenvalue weighted by Crippen LogP contribution is -2.62. The van der Waals surface area contributed by atoms with E-state index in [1.54, 1.807) is 12.1 Å². The number of hydrogen-bond donors (Lipinski definition) is 2. The fraction of sp³-hybridized carbons (Fsp3) is 0.542. The van der Waals surface area contributed by atoms with Gasteiger partial charge in [-0.15, -0.1) is 0 Å². The van der Waals surface area contributed by atoms with Gasteiger partial charge >= 0.3 is 5.69 Å². The molecule has 190 valence electrons. The molecule has 4 rings (SSSR count). The Kier molecular flexibility index (Phi) is 6.56. The van der Waals surface area contributed by atoms with Crippen LogP contribution in [0.15, 0.2) is 52.2 Å². The van der Waals surface area contributed by atoms with Gasteiger partial charge in [-0.05, 0) is 23.2 Å². The van der Waals surface area contributed by atoms with Gasteiger partial charge in [0.15, 0.2) is 18.9 Å². The van der Waals surface area contributed by atoms with Crippen molar-refractivity contribution < 1.29 is 24.2 Å². The summed E-state index contributed by atoms with van der Waals surface area (Å²) < 4.78 is 13.2. The van der Waals surface area contributed by atoms with E-state index < -0.39 is 49.3 Å². The zero-order valence-electron chi connectivity index (χ0n) is 20.7. The van der Waals surface area contributed by atoms with Crippen LogP contribution in [0.5, 0.6) is 5.75 Å². The lowest BCUT2D eigenvalue weighted by atomic mass is 9.95. The molecular weight excluding hydrogens is 470 g/mol. The summed E-state index contributed by atoms with van der Waals surface area (Å²) >= 11 is 0. The third-order valence-electron chi connectivity index (χ3n) is 7.43. The first-order valence-corrected chi connectivity index (χ1v) is 14.9. The van der Waals surface area contributed by atoms with Crippen LogP contribution in [0.1, 0.15) is 27.0 Å². The number of aromatic amines is 1. The predicted octanol–water partition coefficient (Wildman–Crippen LogP) is 1.90.